The molecule has 0 aliphatic carbocycles. The van der Waals surface area contributed by atoms with Gasteiger partial charge in [-0.2, -0.15) is 0 Å². The van der Waals surface area contributed by atoms with Crippen molar-refractivity contribution in [1.29, 1.82) is 0 Å². The number of aromatic amines is 1. The number of H-pyrrole nitrogens is 1. The van der Waals surface area contributed by atoms with Crippen LogP contribution in [0.25, 0.3) is 11.3 Å². The summed E-state index contributed by atoms with van der Waals surface area (Å²) in [6, 6.07) is 12.0. The Morgan fingerprint density at radius 3 is 2.50 bits per heavy atom. The van der Waals surface area contributed by atoms with E-state index in [9.17, 15) is 9.59 Å². The molecule has 0 radical (unpaired) electrons. The maximum Gasteiger partial charge on any atom is 0.251 e. The number of aromatic nitrogens is 4. The third-order valence-corrected chi connectivity index (χ3v) is 3.78. The average Bonchev–Trinajstić information content (AvgIpc) is 2.66. The smallest absolute Gasteiger partial charge is 0.251 e. The number of ether oxygens (including phenoxy) is 1. The fourth-order valence-corrected chi connectivity index (χ4v) is 2.58. The second-order valence-electron chi connectivity index (χ2n) is 6.51. The van der Waals surface area contributed by atoms with Gasteiger partial charge in [0.05, 0.1) is 24.0 Å². The molecule has 0 saturated carbocycles. The van der Waals surface area contributed by atoms with Crippen LogP contribution in [0.15, 0.2) is 47.3 Å². The molecule has 0 saturated heterocycles. The largest absolute Gasteiger partial charge is 0.474 e. The molecule has 0 unspecified atom stereocenters. The monoisotopic (exact) mass is 379 g/mol. The Kier molecular flexibility index (Phi) is 5.78. The van der Waals surface area contributed by atoms with Crippen molar-refractivity contribution >= 4 is 5.91 Å². The van der Waals surface area contributed by atoms with Gasteiger partial charge >= 0.3 is 0 Å². The maximum atomic E-state index is 12.3. The number of hydrogen-bond donors (Lipinski definition) is 2. The van der Waals surface area contributed by atoms with E-state index in [0.29, 0.717) is 28.7 Å². The molecule has 8 heteroatoms. The van der Waals surface area contributed by atoms with E-state index >= 15 is 0 Å². The Morgan fingerprint density at radius 1 is 1.14 bits per heavy atom. The van der Waals surface area contributed by atoms with Crippen molar-refractivity contribution in [3.8, 4) is 17.1 Å². The number of rotatable bonds is 6. The Hall–Kier alpha value is -3.55. The number of nitrogens with zero attached hydrogens (tertiary/aromatic N) is 3. The second-order valence-corrected chi connectivity index (χ2v) is 6.51. The highest BCUT2D eigenvalue weighted by Gasteiger charge is 2.08. The summed E-state index contributed by atoms with van der Waals surface area (Å²) in [6.45, 7) is 5.71. The summed E-state index contributed by atoms with van der Waals surface area (Å²) in [6.07, 6.45) is 0.0336. The number of hydrogen-bond acceptors (Lipinski definition) is 6. The number of amides is 1. The molecular weight excluding hydrogens is 358 g/mol. The van der Waals surface area contributed by atoms with Crippen LogP contribution in [0.4, 0.5) is 0 Å². The van der Waals surface area contributed by atoms with Gasteiger partial charge in [0.1, 0.15) is 5.82 Å². The fraction of sp³-hybridized carbons (Fsp3) is 0.250. The lowest BCUT2D eigenvalue weighted by atomic mass is 10.1. The van der Waals surface area contributed by atoms with Crippen molar-refractivity contribution in [3.63, 3.8) is 0 Å². The van der Waals surface area contributed by atoms with Crippen LogP contribution in [0.1, 0.15) is 35.7 Å². The standard InChI is InChI=1S/C20H21N5O3/c1-12(2)28-19-9-8-17(24-25-19)14-4-6-15(7-5-14)20(27)21-11-16-10-18(26)23-13(3)22-16/h4-10,12H,11H2,1-3H3,(H,21,27)(H,22,23,26). The van der Waals surface area contributed by atoms with Crippen molar-refractivity contribution in [2.45, 2.75) is 33.4 Å². The molecule has 2 aromatic heterocycles. The summed E-state index contributed by atoms with van der Waals surface area (Å²) in [5.74, 6) is 0.725. The van der Waals surface area contributed by atoms with E-state index < -0.39 is 0 Å². The minimum Gasteiger partial charge on any atom is -0.474 e. The highest BCUT2D eigenvalue weighted by atomic mass is 16.5. The first kappa shape index (κ1) is 19.2. The van der Waals surface area contributed by atoms with Crippen LogP contribution in [0.2, 0.25) is 0 Å². The molecule has 0 atom stereocenters. The number of benzene rings is 1. The molecule has 3 rings (SSSR count). The van der Waals surface area contributed by atoms with Gasteiger partial charge in [0.2, 0.25) is 5.88 Å². The first-order valence-corrected chi connectivity index (χ1v) is 8.86. The molecule has 2 N–H and O–H groups in total. The second kappa shape index (κ2) is 8.43. The molecule has 28 heavy (non-hydrogen) atoms. The molecule has 1 aromatic carbocycles. The predicted molar refractivity (Wildman–Crippen MR) is 104 cm³/mol. The van der Waals surface area contributed by atoms with Gasteiger partial charge in [-0.15, -0.1) is 10.2 Å². The Bertz CT molecular complexity index is 1010. The number of carbonyl (C=O) groups is 1. The molecule has 144 valence electrons. The minimum atomic E-state index is -0.252. The van der Waals surface area contributed by atoms with E-state index in [0.717, 1.165) is 5.56 Å². The van der Waals surface area contributed by atoms with Gasteiger partial charge in [0.15, 0.2) is 0 Å². The van der Waals surface area contributed by atoms with Crippen molar-refractivity contribution in [2.24, 2.45) is 0 Å². The van der Waals surface area contributed by atoms with E-state index in [1.54, 1.807) is 37.3 Å². The van der Waals surface area contributed by atoms with Crippen LogP contribution in [0.5, 0.6) is 5.88 Å². The van der Waals surface area contributed by atoms with E-state index in [-0.39, 0.29) is 24.1 Å². The van der Waals surface area contributed by atoms with Crippen LogP contribution >= 0.6 is 0 Å². The normalized spacial score (nSPS) is 10.7. The van der Waals surface area contributed by atoms with Gasteiger partial charge in [-0.05, 0) is 39.0 Å². The number of aryl methyl sites for hydroxylation is 1. The summed E-state index contributed by atoms with van der Waals surface area (Å²) < 4.78 is 5.48. The third kappa shape index (κ3) is 5.00. The van der Waals surface area contributed by atoms with Gasteiger partial charge in [0, 0.05) is 23.3 Å². The highest BCUT2D eigenvalue weighted by Crippen LogP contribution is 2.19. The Balaban J connectivity index is 1.64. The first-order chi connectivity index (χ1) is 13.4. The lowest BCUT2D eigenvalue weighted by Crippen LogP contribution is -2.24. The van der Waals surface area contributed by atoms with Crippen LogP contribution in [0, 0.1) is 6.92 Å². The lowest BCUT2D eigenvalue weighted by Gasteiger charge is -2.08. The van der Waals surface area contributed by atoms with Crippen molar-refractivity contribution in [2.75, 3.05) is 0 Å². The van der Waals surface area contributed by atoms with Crippen molar-refractivity contribution in [3.05, 3.63) is 69.9 Å². The summed E-state index contributed by atoms with van der Waals surface area (Å²) >= 11 is 0. The Morgan fingerprint density at radius 2 is 1.89 bits per heavy atom. The molecule has 8 nitrogen and oxygen atoms in total. The molecule has 1 amide bonds. The molecule has 0 aliphatic rings. The molecule has 0 fully saturated rings. The number of carbonyl (C=O) groups excluding carboxylic acids is 1. The molecular formula is C20H21N5O3. The first-order valence-electron chi connectivity index (χ1n) is 8.86. The third-order valence-electron chi connectivity index (χ3n) is 3.78. The SMILES string of the molecule is Cc1nc(CNC(=O)c2ccc(-c3ccc(OC(C)C)nn3)cc2)cc(=O)[nH]1. The van der Waals surface area contributed by atoms with Crippen LogP contribution < -0.4 is 15.6 Å². The molecule has 0 aliphatic heterocycles. The molecule has 2 heterocycles. The topological polar surface area (TPSA) is 110 Å². The average molecular weight is 379 g/mol. The zero-order valence-corrected chi connectivity index (χ0v) is 15.9. The van der Waals surface area contributed by atoms with Crippen molar-refractivity contribution in [1.82, 2.24) is 25.5 Å². The van der Waals surface area contributed by atoms with Gasteiger partial charge in [-0.25, -0.2) is 4.98 Å². The van der Waals surface area contributed by atoms with Crippen LogP contribution in [0.3, 0.4) is 0 Å². The summed E-state index contributed by atoms with van der Waals surface area (Å²) in [4.78, 5) is 30.5. The molecule has 0 bridgehead atoms. The number of nitrogens with one attached hydrogen (secondary N) is 2. The zero-order chi connectivity index (χ0) is 20.1. The summed E-state index contributed by atoms with van der Waals surface area (Å²) in [5, 5.41) is 11.0. The van der Waals surface area contributed by atoms with Crippen LogP contribution in [-0.2, 0) is 6.54 Å². The van der Waals surface area contributed by atoms with Gasteiger partial charge in [-0.3, -0.25) is 9.59 Å². The van der Waals surface area contributed by atoms with Gasteiger partial charge in [-0.1, -0.05) is 12.1 Å². The van der Waals surface area contributed by atoms with Crippen LogP contribution in [-0.4, -0.2) is 32.2 Å². The Labute approximate surface area is 162 Å². The maximum absolute atomic E-state index is 12.3. The minimum absolute atomic E-state index is 0.0336. The molecule has 3 aromatic rings. The summed E-state index contributed by atoms with van der Waals surface area (Å²) in [7, 11) is 0. The fourth-order valence-electron chi connectivity index (χ4n) is 2.58. The summed E-state index contributed by atoms with van der Waals surface area (Å²) in [5.41, 5.74) is 2.29. The quantitative estimate of drug-likeness (QED) is 0.680. The predicted octanol–water partition coefficient (Wildman–Crippen LogP) is 2.25. The van der Waals surface area contributed by atoms with E-state index in [1.165, 1.54) is 6.07 Å². The molecule has 0 spiro atoms. The van der Waals surface area contributed by atoms with Gasteiger partial charge < -0.3 is 15.0 Å². The lowest BCUT2D eigenvalue weighted by molar-refractivity contribution is 0.0950. The van der Waals surface area contributed by atoms with E-state index in [1.807, 2.05) is 19.9 Å². The van der Waals surface area contributed by atoms with E-state index in [4.69, 9.17) is 4.74 Å². The van der Waals surface area contributed by atoms with Gasteiger partial charge in [0.25, 0.3) is 11.5 Å². The van der Waals surface area contributed by atoms with E-state index in [2.05, 4.69) is 25.5 Å². The zero-order valence-electron chi connectivity index (χ0n) is 15.9. The van der Waals surface area contributed by atoms with Crippen molar-refractivity contribution < 1.29 is 9.53 Å². The highest BCUT2D eigenvalue weighted by molar-refractivity contribution is 5.94.